The third-order valence-electron chi connectivity index (χ3n) is 2.71. The van der Waals surface area contributed by atoms with Crippen LogP contribution in [0.2, 0.25) is 0 Å². The minimum Gasteiger partial charge on any atom is -0.399 e. The van der Waals surface area contributed by atoms with Gasteiger partial charge in [-0.25, -0.2) is 4.39 Å². The maximum absolute atomic E-state index is 13.0. The van der Waals surface area contributed by atoms with E-state index in [-0.39, 0.29) is 5.91 Å². The second kappa shape index (κ2) is 7.69. The van der Waals surface area contributed by atoms with Crippen molar-refractivity contribution >= 4 is 17.3 Å². The van der Waals surface area contributed by atoms with E-state index < -0.39 is 5.82 Å². The molecule has 0 unspecified atom stereocenters. The maximum Gasteiger partial charge on any atom is 0.224 e. The third kappa shape index (κ3) is 5.66. The first-order valence-electron chi connectivity index (χ1n) is 6.47. The largest absolute Gasteiger partial charge is 0.399 e. The normalized spacial score (nSPS) is 10.3. The van der Waals surface area contributed by atoms with Crippen LogP contribution < -0.4 is 11.1 Å². The molecule has 1 rings (SSSR count). The lowest BCUT2D eigenvalue weighted by molar-refractivity contribution is -0.116. The molecule has 4 heteroatoms. The highest BCUT2D eigenvalue weighted by Crippen LogP contribution is 2.16. The van der Waals surface area contributed by atoms with Crippen molar-refractivity contribution in [3.8, 4) is 0 Å². The summed E-state index contributed by atoms with van der Waals surface area (Å²) in [5.74, 6) is -0.523. The fraction of sp³-hybridized carbons (Fsp3) is 0.500. The zero-order valence-corrected chi connectivity index (χ0v) is 10.8. The second-order valence-corrected chi connectivity index (χ2v) is 4.49. The number of benzene rings is 1. The van der Waals surface area contributed by atoms with Gasteiger partial charge in [-0.05, 0) is 24.6 Å². The quantitative estimate of drug-likeness (QED) is 0.574. The number of anilines is 2. The van der Waals surface area contributed by atoms with E-state index in [0.717, 1.165) is 19.3 Å². The molecule has 0 aliphatic rings. The van der Waals surface area contributed by atoms with Gasteiger partial charge in [-0.15, -0.1) is 0 Å². The van der Waals surface area contributed by atoms with Gasteiger partial charge < -0.3 is 11.1 Å². The lowest BCUT2D eigenvalue weighted by Gasteiger charge is -2.06. The number of rotatable bonds is 7. The van der Waals surface area contributed by atoms with Gasteiger partial charge in [0.15, 0.2) is 0 Å². The molecule has 1 aromatic carbocycles. The van der Waals surface area contributed by atoms with Crippen LogP contribution in [0.4, 0.5) is 15.8 Å². The average Bonchev–Trinajstić information content (AvgIpc) is 2.27. The van der Waals surface area contributed by atoms with Gasteiger partial charge >= 0.3 is 0 Å². The first kappa shape index (κ1) is 14.5. The van der Waals surface area contributed by atoms with E-state index in [0.29, 0.717) is 17.8 Å². The molecule has 0 saturated heterocycles. The van der Waals surface area contributed by atoms with Crippen LogP contribution in [0.25, 0.3) is 0 Å². The predicted octanol–water partition coefficient (Wildman–Crippen LogP) is 3.71. The predicted molar refractivity (Wildman–Crippen MR) is 72.8 cm³/mol. The molecular weight excluding hydrogens is 231 g/mol. The fourth-order valence-electron chi connectivity index (χ4n) is 1.80. The van der Waals surface area contributed by atoms with Crippen LogP contribution in [-0.2, 0) is 4.79 Å². The van der Waals surface area contributed by atoms with E-state index in [9.17, 15) is 9.18 Å². The summed E-state index contributed by atoms with van der Waals surface area (Å²) in [4.78, 5) is 11.6. The lowest BCUT2D eigenvalue weighted by atomic mass is 10.1. The van der Waals surface area contributed by atoms with Crippen LogP contribution in [0.1, 0.15) is 45.4 Å². The molecule has 0 saturated carbocycles. The standard InChI is InChI=1S/C14H21FN2O/c1-2-3-4-5-6-7-14(18)17-13-9-11(15)8-12(16)10-13/h8-10H,2-7,16H2,1H3,(H,17,18). The van der Waals surface area contributed by atoms with Crippen molar-refractivity contribution in [2.24, 2.45) is 0 Å². The first-order chi connectivity index (χ1) is 8.61. The van der Waals surface area contributed by atoms with Crippen LogP contribution in [0.5, 0.6) is 0 Å². The molecule has 0 radical (unpaired) electrons. The molecule has 0 atom stereocenters. The number of carbonyl (C=O) groups excluding carboxylic acids is 1. The summed E-state index contributed by atoms with van der Waals surface area (Å²) in [6, 6.07) is 4.05. The van der Waals surface area contributed by atoms with Crippen LogP contribution in [0, 0.1) is 5.82 Å². The number of nitrogen functional groups attached to an aromatic ring is 1. The van der Waals surface area contributed by atoms with E-state index in [4.69, 9.17) is 5.73 Å². The Kier molecular flexibility index (Phi) is 6.19. The molecule has 18 heavy (non-hydrogen) atoms. The summed E-state index contributed by atoms with van der Waals surface area (Å²) in [7, 11) is 0. The molecule has 3 N–H and O–H groups in total. The van der Waals surface area contributed by atoms with Gasteiger partial charge in [0.2, 0.25) is 5.91 Å². The molecule has 3 nitrogen and oxygen atoms in total. The Bertz CT molecular complexity index is 373. The van der Waals surface area contributed by atoms with Crippen molar-refractivity contribution in [3.63, 3.8) is 0 Å². The highest BCUT2D eigenvalue weighted by molar-refractivity contribution is 5.91. The van der Waals surface area contributed by atoms with E-state index in [2.05, 4.69) is 12.2 Å². The molecule has 100 valence electrons. The monoisotopic (exact) mass is 252 g/mol. The molecule has 1 aromatic rings. The van der Waals surface area contributed by atoms with Gasteiger partial charge in [-0.3, -0.25) is 4.79 Å². The van der Waals surface area contributed by atoms with Crippen molar-refractivity contribution < 1.29 is 9.18 Å². The second-order valence-electron chi connectivity index (χ2n) is 4.49. The van der Waals surface area contributed by atoms with Gasteiger partial charge in [-0.2, -0.15) is 0 Å². The molecular formula is C14H21FN2O. The summed E-state index contributed by atoms with van der Waals surface area (Å²) < 4.78 is 13.0. The third-order valence-corrected chi connectivity index (χ3v) is 2.71. The maximum atomic E-state index is 13.0. The number of unbranched alkanes of at least 4 members (excludes halogenated alkanes) is 4. The molecule has 0 bridgehead atoms. The average molecular weight is 252 g/mol. The Labute approximate surface area is 108 Å². The zero-order valence-electron chi connectivity index (χ0n) is 10.8. The summed E-state index contributed by atoms with van der Waals surface area (Å²) in [5.41, 5.74) is 6.23. The van der Waals surface area contributed by atoms with E-state index >= 15 is 0 Å². The van der Waals surface area contributed by atoms with Crippen molar-refractivity contribution in [3.05, 3.63) is 24.0 Å². The Morgan fingerprint density at radius 1 is 1.22 bits per heavy atom. The summed E-state index contributed by atoms with van der Waals surface area (Å²) in [6.07, 6.45) is 5.97. The van der Waals surface area contributed by atoms with Crippen LogP contribution in [0.15, 0.2) is 18.2 Å². The van der Waals surface area contributed by atoms with E-state index in [1.807, 2.05) is 0 Å². The van der Waals surface area contributed by atoms with Gasteiger partial charge in [0.1, 0.15) is 5.82 Å². The smallest absolute Gasteiger partial charge is 0.224 e. The SMILES string of the molecule is CCCCCCCC(=O)Nc1cc(N)cc(F)c1. The highest BCUT2D eigenvalue weighted by atomic mass is 19.1. The van der Waals surface area contributed by atoms with Crippen LogP contribution in [0.3, 0.4) is 0 Å². The Hall–Kier alpha value is -1.58. The van der Waals surface area contributed by atoms with Gasteiger partial charge in [-0.1, -0.05) is 32.6 Å². The van der Waals surface area contributed by atoms with E-state index in [1.165, 1.54) is 25.0 Å². The topological polar surface area (TPSA) is 55.1 Å². The zero-order chi connectivity index (χ0) is 13.4. The Morgan fingerprint density at radius 3 is 2.61 bits per heavy atom. The molecule has 0 fully saturated rings. The summed E-state index contributed by atoms with van der Waals surface area (Å²) in [6.45, 7) is 2.15. The Balaban J connectivity index is 2.31. The van der Waals surface area contributed by atoms with Crippen LogP contribution in [-0.4, -0.2) is 5.91 Å². The number of nitrogens with one attached hydrogen (secondary N) is 1. The Morgan fingerprint density at radius 2 is 1.94 bits per heavy atom. The van der Waals surface area contributed by atoms with Crippen molar-refractivity contribution in [1.29, 1.82) is 0 Å². The minimum atomic E-state index is -0.437. The van der Waals surface area contributed by atoms with Crippen molar-refractivity contribution in [2.45, 2.75) is 45.4 Å². The number of halogens is 1. The fourth-order valence-corrected chi connectivity index (χ4v) is 1.80. The summed E-state index contributed by atoms with van der Waals surface area (Å²) >= 11 is 0. The molecule has 0 aliphatic heterocycles. The van der Waals surface area contributed by atoms with Gasteiger partial charge in [0, 0.05) is 17.8 Å². The molecule has 0 spiro atoms. The van der Waals surface area contributed by atoms with Gasteiger partial charge in [0.05, 0.1) is 0 Å². The van der Waals surface area contributed by atoms with Gasteiger partial charge in [0.25, 0.3) is 0 Å². The summed E-state index contributed by atoms with van der Waals surface area (Å²) in [5, 5.41) is 2.66. The lowest BCUT2D eigenvalue weighted by Crippen LogP contribution is -2.11. The molecule has 0 heterocycles. The van der Waals surface area contributed by atoms with E-state index in [1.54, 1.807) is 6.07 Å². The van der Waals surface area contributed by atoms with Crippen molar-refractivity contribution in [1.82, 2.24) is 0 Å². The molecule has 0 aromatic heterocycles. The molecule has 1 amide bonds. The number of amides is 1. The minimum absolute atomic E-state index is 0.0866. The molecule has 0 aliphatic carbocycles. The number of hydrogen-bond donors (Lipinski definition) is 2. The number of nitrogens with two attached hydrogens (primary N) is 1. The van der Waals surface area contributed by atoms with Crippen molar-refractivity contribution in [2.75, 3.05) is 11.1 Å². The number of hydrogen-bond acceptors (Lipinski definition) is 2. The van der Waals surface area contributed by atoms with Crippen LogP contribution >= 0.6 is 0 Å². The number of carbonyl (C=O) groups is 1. The first-order valence-corrected chi connectivity index (χ1v) is 6.47. The highest BCUT2D eigenvalue weighted by Gasteiger charge is 2.04.